The summed E-state index contributed by atoms with van der Waals surface area (Å²) in [5.41, 5.74) is 7.71. The minimum Gasteiger partial charge on any atom is -0.325 e. The first-order chi connectivity index (χ1) is 12.3. The average Bonchev–Trinajstić information content (AvgIpc) is 2.57. The molecule has 3 aromatic rings. The van der Waals surface area contributed by atoms with E-state index in [9.17, 15) is 4.79 Å². The topological polar surface area (TPSA) is 42.0 Å². The van der Waals surface area contributed by atoms with Crippen molar-refractivity contribution in [1.82, 2.24) is 4.98 Å². The van der Waals surface area contributed by atoms with Crippen LogP contribution in [0.1, 0.15) is 27.8 Å². The summed E-state index contributed by atoms with van der Waals surface area (Å²) in [4.78, 5) is 17.1. The third-order valence-electron chi connectivity index (χ3n) is 4.45. The van der Waals surface area contributed by atoms with Crippen LogP contribution in [0.25, 0.3) is 10.9 Å². The van der Waals surface area contributed by atoms with Crippen LogP contribution in [0.2, 0.25) is 0 Å². The van der Waals surface area contributed by atoms with Crippen LogP contribution in [-0.2, 0) is 4.79 Å². The van der Waals surface area contributed by atoms with Gasteiger partial charge in [-0.3, -0.25) is 4.79 Å². The van der Waals surface area contributed by atoms with E-state index in [4.69, 9.17) is 4.98 Å². The summed E-state index contributed by atoms with van der Waals surface area (Å²) in [6.07, 6.45) is 0. The van der Waals surface area contributed by atoms with Gasteiger partial charge in [0.2, 0.25) is 5.91 Å². The van der Waals surface area contributed by atoms with Crippen LogP contribution in [0, 0.1) is 34.6 Å². The number of benzene rings is 2. The van der Waals surface area contributed by atoms with E-state index in [0.717, 1.165) is 27.4 Å². The van der Waals surface area contributed by atoms with E-state index >= 15 is 0 Å². The molecule has 3 nitrogen and oxygen atoms in total. The molecule has 0 saturated heterocycles. The maximum Gasteiger partial charge on any atom is 0.234 e. The van der Waals surface area contributed by atoms with Crippen LogP contribution in [0.15, 0.2) is 41.4 Å². The van der Waals surface area contributed by atoms with Gasteiger partial charge in [-0.1, -0.05) is 35.5 Å². The molecule has 26 heavy (non-hydrogen) atoms. The van der Waals surface area contributed by atoms with Crippen molar-refractivity contribution in [2.75, 3.05) is 11.1 Å². The van der Waals surface area contributed by atoms with Crippen molar-refractivity contribution in [2.45, 2.75) is 39.6 Å². The van der Waals surface area contributed by atoms with Gasteiger partial charge in [0.25, 0.3) is 0 Å². The molecule has 0 bridgehead atoms. The SMILES string of the molecule is Cc1ccc(C)c(NC(=O)CSc2cc(C)c3cc(C)cc(C)c3n2)c1. The molecule has 0 spiro atoms. The lowest BCUT2D eigenvalue weighted by atomic mass is 10.0. The number of amides is 1. The minimum absolute atomic E-state index is 0.0103. The van der Waals surface area contributed by atoms with Crippen molar-refractivity contribution < 1.29 is 4.79 Å². The Bertz CT molecular complexity index is 995. The van der Waals surface area contributed by atoms with Gasteiger partial charge in [0.05, 0.1) is 16.3 Å². The Hall–Kier alpha value is -2.33. The first-order valence-electron chi connectivity index (χ1n) is 8.72. The molecule has 0 aliphatic carbocycles. The van der Waals surface area contributed by atoms with E-state index in [1.807, 2.05) is 32.0 Å². The van der Waals surface area contributed by atoms with Gasteiger partial charge in [-0.15, -0.1) is 0 Å². The highest BCUT2D eigenvalue weighted by atomic mass is 32.2. The van der Waals surface area contributed by atoms with Crippen molar-refractivity contribution in [2.24, 2.45) is 0 Å². The maximum atomic E-state index is 12.3. The number of fused-ring (bicyclic) bond motifs is 1. The van der Waals surface area contributed by atoms with Gasteiger partial charge in [-0.25, -0.2) is 4.98 Å². The van der Waals surface area contributed by atoms with E-state index < -0.39 is 0 Å². The predicted molar refractivity (Wildman–Crippen MR) is 111 cm³/mol. The highest BCUT2D eigenvalue weighted by molar-refractivity contribution is 7.99. The van der Waals surface area contributed by atoms with Gasteiger partial charge >= 0.3 is 0 Å². The molecule has 1 N–H and O–H groups in total. The van der Waals surface area contributed by atoms with Crippen molar-refractivity contribution in [3.63, 3.8) is 0 Å². The number of carbonyl (C=O) groups is 1. The molecular formula is C22H24N2OS. The van der Waals surface area contributed by atoms with Crippen LogP contribution in [-0.4, -0.2) is 16.6 Å². The van der Waals surface area contributed by atoms with Crippen LogP contribution in [0.5, 0.6) is 0 Å². The second-order valence-electron chi connectivity index (χ2n) is 6.91. The molecule has 0 aliphatic heterocycles. The fourth-order valence-corrected chi connectivity index (χ4v) is 3.85. The first-order valence-corrected chi connectivity index (χ1v) is 9.70. The minimum atomic E-state index is -0.0103. The molecule has 0 aliphatic rings. The molecule has 1 aromatic heterocycles. The summed E-state index contributed by atoms with van der Waals surface area (Å²) in [6, 6.07) is 12.5. The number of hydrogen-bond acceptors (Lipinski definition) is 3. The Morgan fingerprint density at radius 2 is 1.69 bits per heavy atom. The van der Waals surface area contributed by atoms with Gasteiger partial charge < -0.3 is 5.32 Å². The number of thioether (sulfide) groups is 1. The number of aryl methyl sites for hydroxylation is 5. The molecule has 1 heterocycles. The van der Waals surface area contributed by atoms with Gasteiger partial charge in [-0.2, -0.15) is 0 Å². The molecule has 0 radical (unpaired) electrons. The predicted octanol–water partition coefficient (Wildman–Crippen LogP) is 5.51. The summed E-state index contributed by atoms with van der Waals surface area (Å²) < 4.78 is 0. The summed E-state index contributed by atoms with van der Waals surface area (Å²) >= 11 is 1.48. The Balaban J connectivity index is 1.75. The fourth-order valence-electron chi connectivity index (χ4n) is 3.08. The lowest BCUT2D eigenvalue weighted by Crippen LogP contribution is -2.15. The number of pyridine rings is 1. The third kappa shape index (κ3) is 4.07. The molecule has 0 fully saturated rings. The molecule has 0 unspecified atom stereocenters. The van der Waals surface area contributed by atoms with Gasteiger partial charge in [-0.05, 0) is 75.1 Å². The number of rotatable bonds is 4. The van der Waals surface area contributed by atoms with E-state index in [1.165, 1.54) is 33.8 Å². The summed E-state index contributed by atoms with van der Waals surface area (Å²) in [7, 11) is 0. The standard InChI is InChI=1S/C22H24N2OS/c1-13-6-7-15(3)19(10-13)23-20(25)12-26-21-11-16(4)18-9-14(2)8-17(5)22(18)24-21/h6-11H,12H2,1-5H3,(H,23,25). The largest absolute Gasteiger partial charge is 0.325 e. The van der Waals surface area contributed by atoms with E-state index in [0.29, 0.717) is 5.75 Å². The number of aromatic nitrogens is 1. The Morgan fingerprint density at radius 1 is 0.923 bits per heavy atom. The van der Waals surface area contributed by atoms with Gasteiger partial charge in [0, 0.05) is 11.1 Å². The van der Waals surface area contributed by atoms with Gasteiger partial charge in [0.1, 0.15) is 0 Å². The monoisotopic (exact) mass is 364 g/mol. The van der Waals surface area contributed by atoms with Crippen LogP contribution in [0.4, 0.5) is 5.69 Å². The first kappa shape index (κ1) is 18.5. The van der Waals surface area contributed by atoms with Crippen molar-refractivity contribution in [3.8, 4) is 0 Å². The van der Waals surface area contributed by atoms with Crippen LogP contribution in [0.3, 0.4) is 0 Å². The maximum absolute atomic E-state index is 12.3. The number of nitrogens with one attached hydrogen (secondary N) is 1. The van der Waals surface area contributed by atoms with Gasteiger partial charge in [0.15, 0.2) is 0 Å². The molecule has 0 saturated carbocycles. The molecular weight excluding hydrogens is 340 g/mol. The quantitative estimate of drug-likeness (QED) is 0.621. The zero-order valence-corrected chi connectivity index (χ0v) is 16.8. The van der Waals surface area contributed by atoms with E-state index in [-0.39, 0.29) is 5.91 Å². The Kier molecular flexibility index (Phi) is 5.33. The van der Waals surface area contributed by atoms with E-state index in [2.05, 4.69) is 44.3 Å². The Morgan fingerprint density at radius 3 is 2.46 bits per heavy atom. The number of hydrogen-bond donors (Lipinski definition) is 1. The van der Waals surface area contributed by atoms with Crippen molar-refractivity contribution in [3.05, 3.63) is 64.2 Å². The normalized spacial score (nSPS) is 11.0. The molecule has 2 aromatic carbocycles. The lowest BCUT2D eigenvalue weighted by Gasteiger charge is -2.11. The molecule has 134 valence electrons. The number of anilines is 1. The average molecular weight is 365 g/mol. The highest BCUT2D eigenvalue weighted by Gasteiger charge is 2.10. The zero-order valence-electron chi connectivity index (χ0n) is 15.9. The van der Waals surface area contributed by atoms with Crippen LogP contribution >= 0.6 is 11.8 Å². The number of nitrogens with zero attached hydrogens (tertiary/aromatic N) is 1. The number of carbonyl (C=O) groups excluding carboxylic acids is 1. The smallest absolute Gasteiger partial charge is 0.234 e. The third-order valence-corrected chi connectivity index (χ3v) is 5.36. The molecule has 1 amide bonds. The molecule has 4 heteroatoms. The molecule has 3 rings (SSSR count). The molecule has 0 atom stereocenters. The van der Waals surface area contributed by atoms with Crippen molar-refractivity contribution in [1.29, 1.82) is 0 Å². The van der Waals surface area contributed by atoms with E-state index in [1.54, 1.807) is 0 Å². The highest BCUT2D eigenvalue weighted by Crippen LogP contribution is 2.27. The summed E-state index contributed by atoms with van der Waals surface area (Å²) in [5, 5.41) is 5.08. The summed E-state index contributed by atoms with van der Waals surface area (Å²) in [6.45, 7) is 10.3. The fraction of sp³-hybridized carbons (Fsp3) is 0.273. The second kappa shape index (κ2) is 7.50. The lowest BCUT2D eigenvalue weighted by molar-refractivity contribution is -0.113. The van der Waals surface area contributed by atoms with Crippen LogP contribution < -0.4 is 5.32 Å². The van der Waals surface area contributed by atoms with Crippen molar-refractivity contribution >= 4 is 34.3 Å². The zero-order chi connectivity index (χ0) is 18.8. The summed E-state index contributed by atoms with van der Waals surface area (Å²) in [5.74, 6) is 0.333. The second-order valence-corrected chi connectivity index (χ2v) is 7.91. The Labute approximate surface area is 159 Å².